The number of aromatic amines is 1. The molecule has 96 valence electrons. The van der Waals surface area contributed by atoms with E-state index < -0.39 is 0 Å². The van der Waals surface area contributed by atoms with Gasteiger partial charge in [0.1, 0.15) is 5.82 Å². The van der Waals surface area contributed by atoms with E-state index in [9.17, 15) is 4.79 Å². The summed E-state index contributed by atoms with van der Waals surface area (Å²) < 4.78 is 2.43. The molecule has 1 amide bonds. The lowest BCUT2D eigenvalue weighted by molar-refractivity contribution is 0.102. The molecule has 18 heavy (non-hydrogen) atoms. The van der Waals surface area contributed by atoms with E-state index in [4.69, 9.17) is 0 Å². The molecule has 0 bridgehead atoms. The molecule has 0 atom stereocenters. The summed E-state index contributed by atoms with van der Waals surface area (Å²) in [7, 11) is 1.83. The molecule has 7 heteroatoms. The molecular formula is C11H14BrN5O. The lowest BCUT2D eigenvalue weighted by atomic mass is 10.1. The van der Waals surface area contributed by atoms with Crippen LogP contribution < -0.4 is 5.32 Å². The van der Waals surface area contributed by atoms with Gasteiger partial charge in [-0.05, 0) is 27.9 Å². The Hall–Kier alpha value is -1.63. The fourth-order valence-electron chi connectivity index (χ4n) is 1.67. The van der Waals surface area contributed by atoms with Gasteiger partial charge < -0.3 is 5.32 Å². The second-order valence-electron chi connectivity index (χ2n) is 4.28. The molecule has 0 saturated carbocycles. The summed E-state index contributed by atoms with van der Waals surface area (Å²) in [5.41, 5.74) is 1.41. The number of hydrogen-bond donors (Lipinski definition) is 2. The van der Waals surface area contributed by atoms with Crippen LogP contribution in [0.3, 0.4) is 0 Å². The normalized spacial score (nSPS) is 10.9. The Morgan fingerprint density at radius 1 is 1.56 bits per heavy atom. The number of nitrogens with zero attached hydrogens (tertiary/aromatic N) is 3. The first-order chi connectivity index (χ1) is 8.49. The Morgan fingerprint density at radius 2 is 2.28 bits per heavy atom. The van der Waals surface area contributed by atoms with Gasteiger partial charge in [-0.1, -0.05) is 13.8 Å². The number of anilines is 1. The van der Waals surface area contributed by atoms with E-state index in [1.54, 1.807) is 16.9 Å². The number of hydrogen-bond acceptors (Lipinski definition) is 3. The molecule has 0 unspecified atom stereocenters. The topological polar surface area (TPSA) is 75.6 Å². The highest BCUT2D eigenvalue weighted by Gasteiger charge is 2.16. The standard InChI is InChI=1S/C11H14BrN5O/c1-6(2)9-4-8(16-17(9)3)11(18)14-10-7(12)5-13-15-10/h4-6H,1-3H3,(H2,13,14,15,18). The van der Waals surface area contributed by atoms with Crippen LogP contribution in [0.25, 0.3) is 0 Å². The predicted molar refractivity (Wildman–Crippen MR) is 71.5 cm³/mol. The van der Waals surface area contributed by atoms with Crippen LogP contribution in [0.15, 0.2) is 16.7 Å². The van der Waals surface area contributed by atoms with Crippen molar-refractivity contribution in [3.05, 3.63) is 28.1 Å². The van der Waals surface area contributed by atoms with E-state index in [2.05, 4.69) is 50.4 Å². The third kappa shape index (κ3) is 2.45. The summed E-state index contributed by atoms with van der Waals surface area (Å²) in [6.45, 7) is 4.12. The van der Waals surface area contributed by atoms with Crippen LogP contribution in [0, 0.1) is 0 Å². The molecule has 2 N–H and O–H groups in total. The number of H-pyrrole nitrogens is 1. The number of halogens is 1. The maximum absolute atomic E-state index is 12.0. The van der Waals surface area contributed by atoms with Crippen molar-refractivity contribution in [2.45, 2.75) is 19.8 Å². The van der Waals surface area contributed by atoms with Crippen LogP contribution >= 0.6 is 15.9 Å². The van der Waals surface area contributed by atoms with Gasteiger partial charge >= 0.3 is 0 Å². The Labute approximate surface area is 113 Å². The molecule has 0 aliphatic heterocycles. The summed E-state index contributed by atoms with van der Waals surface area (Å²) in [6.07, 6.45) is 1.58. The maximum atomic E-state index is 12.0. The predicted octanol–water partition coefficient (Wildman–Crippen LogP) is 2.28. The first-order valence-electron chi connectivity index (χ1n) is 5.53. The van der Waals surface area contributed by atoms with Crippen molar-refractivity contribution < 1.29 is 4.79 Å². The van der Waals surface area contributed by atoms with Crippen molar-refractivity contribution in [1.29, 1.82) is 0 Å². The van der Waals surface area contributed by atoms with Crippen molar-refractivity contribution in [1.82, 2.24) is 20.0 Å². The molecule has 0 saturated heterocycles. The highest BCUT2D eigenvalue weighted by Crippen LogP contribution is 2.19. The quantitative estimate of drug-likeness (QED) is 0.913. The Bertz CT molecular complexity index is 572. The summed E-state index contributed by atoms with van der Waals surface area (Å²) in [4.78, 5) is 12.0. The van der Waals surface area contributed by atoms with Crippen molar-refractivity contribution in [2.24, 2.45) is 7.05 Å². The minimum Gasteiger partial charge on any atom is -0.305 e. The van der Waals surface area contributed by atoms with Gasteiger partial charge in [0, 0.05) is 12.7 Å². The number of rotatable bonds is 3. The van der Waals surface area contributed by atoms with Crippen LogP contribution in [-0.2, 0) is 7.05 Å². The SMILES string of the molecule is CC(C)c1cc(C(=O)Nc2[nH]ncc2Br)nn1C. The van der Waals surface area contributed by atoms with Gasteiger partial charge in [-0.15, -0.1) is 0 Å². The minimum atomic E-state index is -0.262. The van der Waals surface area contributed by atoms with Gasteiger partial charge in [-0.2, -0.15) is 10.2 Å². The Kier molecular flexibility index (Phi) is 3.51. The number of amides is 1. The zero-order valence-electron chi connectivity index (χ0n) is 10.4. The van der Waals surface area contributed by atoms with E-state index in [1.807, 2.05) is 7.05 Å². The van der Waals surface area contributed by atoms with Gasteiger partial charge in [-0.25, -0.2) is 0 Å². The monoisotopic (exact) mass is 311 g/mol. The van der Waals surface area contributed by atoms with Gasteiger partial charge in [0.15, 0.2) is 5.69 Å². The fourth-order valence-corrected chi connectivity index (χ4v) is 1.96. The Morgan fingerprint density at radius 3 is 2.78 bits per heavy atom. The van der Waals surface area contributed by atoms with E-state index in [0.717, 1.165) is 5.69 Å². The molecule has 0 aliphatic rings. The summed E-state index contributed by atoms with van der Waals surface area (Å²) in [5.74, 6) is 0.585. The Balaban J connectivity index is 2.19. The van der Waals surface area contributed by atoms with Crippen LogP contribution in [0.4, 0.5) is 5.82 Å². The molecule has 2 heterocycles. The van der Waals surface area contributed by atoms with Crippen molar-refractivity contribution in [3.8, 4) is 0 Å². The molecule has 6 nitrogen and oxygen atoms in total. The van der Waals surface area contributed by atoms with E-state index in [1.165, 1.54) is 0 Å². The highest BCUT2D eigenvalue weighted by atomic mass is 79.9. The lowest BCUT2D eigenvalue weighted by Crippen LogP contribution is -2.13. The number of carbonyl (C=O) groups excluding carboxylic acids is 1. The van der Waals surface area contributed by atoms with Crippen molar-refractivity contribution in [2.75, 3.05) is 5.32 Å². The third-order valence-electron chi connectivity index (χ3n) is 2.57. The second-order valence-corrected chi connectivity index (χ2v) is 5.13. The third-order valence-corrected chi connectivity index (χ3v) is 3.17. The van der Waals surface area contributed by atoms with E-state index in [0.29, 0.717) is 21.9 Å². The summed E-state index contributed by atoms with van der Waals surface area (Å²) in [6, 6.07) is 1.80. The summed E-state index contributed by atoms with van der Waals surface area (Å²) >= 11 is 3.28. The van der Waals surface area contributed by atoms with Gasteiger partial charge in [0.25, 0.3) is 5.91 Å². The van der Waals surface area contributed by atoms with E-state index in [-0.39, 0.29) is 5.91 Å². The molecule has 0 spiro atoms. The molecule has 0 radical (unpaired) electrons. The molecule has 2 aromatic heterocycles. The first-order valence-corrected chi connectivity index (χ1v) is 6.32. The number of aryl methyl sites for hydroxylation is 1. The number of nitrogens with one attached hydrogen (secondary N) is 2. The molecule has 0 aromatic carbocycles. The van der Waals surface area contributed by atoms with Crippen LogP contribution in [0.5, 0.6) is 0 Å². The lowest BCUT2D eigenvalue weighted by Gasteiger charge is -2.02. The number of aromatic nitrogens is 4. The maximum Gasteiger partial charge on any atom is 0.277 e. The highest BCUT2D eigenvalue weighted by molar-refractivity contribution is 9.10. The summed E-state index contributed by atoms with van der Waals surface area (Å²) in [5, 5.41) is 13.4. The van der Waals surface area contributed by atoms with Crippen LogP contribution in [-0.4, -0.2) is 25.9 Å². The van der Waals surface area contributed by atoms with Gasteiger partial charge in [-0.3, -0.25) is 14.6 Å². The smallest absolute Gasteiger partial charge is 0.277 e. The molecule has 0 fully saturated rings. The van der Waals surface area contributed by atoms with Crippen molar-refractivity contribution in [3.63, 3.8) is 0 Å². The molecule has 0 aliphatic carbocycles. The van der Waals surface area contributed by atoms with Crippen molar-refractivity contribution >= 4 is 27.7 Å². The molecule has 2 aromatic rings. The second kappa shape index (κ2) is 4.93. The first kappa shape index (κ1) is 12.8. The zero-order chi connectivity index (χ0) is 13.3. The van der Waals surface area contributed by atoms with Gasteiger partial charge in [0.05, 0.1) is 10.7 Å². The van der Waals surface area contributed by atoms with Crippen LogP contribution in [0.1, 0.15) is 35.9 Å². The molecule has 2 rings (SSSR count). The average Bonchev–Trinajstić information content (AvgIpc) is 2.86. The zero-order valence-corrected chi connectivity index (χ0v) is 11.9. The minimum absolute atomic E-state index is 0.262. The average molecular weight is 312 g/mol. The van der Waals surface area contributed by atoms with Crippen LogP contribution in [0.2, 0.25) is 0 Å². The fraction of sp³-hybridized carbons (Fsp3) is 0.364. The van der Waals surface area contributed by atoms with E-state index >= 15 is 0 Å². The molecular weight excluding hydrogens is 298 g/mol. The van der Waals surface area contributed by atoms with Gasteiger partial charge in [0.2, 0.25) is 0 Å². The largest absolute Gasteiger partial charge is 0.305 e. The number of carbonyl (C=O) groups is 1.